The lowest BCUT2D eigenvalue weighted by Crippen LogP contribution is -2.45. The first-order valence-electron chi connectivity index (χ1n) is 8.75. The quantitative estimate of drug-likeness (QED) is 0.658. The van der Waals surface area contributed by atoms with E-state index in [-0.39, 0.29) is 5.91 Å². The smallest absolute Gasteiger partial charge is 0.241 e. The average Bonchev–Trinajstić information content (AvgIpc) is 2.68. The Labute approximate surface area is 156 Å². The Hall–Kier alpha value is -2.91. The third kappa shape index (κ3) is 6.19. The number of nitrogens with one attached hydrogen (secondary N) is 1. The zero-order chi connectivity index (χ0) is 18.6. The number of hydrogen-bond donors (Lipinski definition) is 1. The number of hydrogen-bond acceptors (Lipinski definition) is 2. The monoisotopic (exact) mass is 346 g/mol. The predicted octanol–water partition coefficient (Wildman–Crippen LogP) is 4.06. The molecule has 0 aromatic heterocycles. The molecule has 3 heteroatoms. The summed E-state index contributed by atoms with van der Waals surface area (Å²) in [6, 6.07) is 19.5. The molecule has 1 N–H and O–H groups in total. The van der Waals surface area contributed by atoms with Gasteiger partial charge in [0.1, 0.15) is 6.04 Å². The Morgan fingerprint density at radius 3 is 2.12 bits per heavy atom. The molecule has 0 saturated carbocycles. The molecule has 2 rings (SSSR count). The summed E-state index contributed by atoms with van der Waals surface area (Å²) < 4.78 is 0. The molecule has 1 atom stereocenters. The van der Waals surface area contributed by atoms with Gasteiger partial charge in [0, 0.05) is 19.6 Å². The summed E-state index contributed by atoms with van der Waals surface area (Å²) in [4.78, 5) is 14.9. The summed E-state index contributed by atoms with van der Waals surface area (Å²) in [7, 11) is 0. The minimum Gasteiger partial charge on any atom is -0.350 e. The highest BCUT2D eigenvalue weighted by molar-refractivity contribution is 5.84. The maximum atomic E-state index is 12.9. The van der Waals surface area contributed by atoms with Gasteiger partial charge < -0.3 is 5.32 Å². The molecular formula is C23H26N2O. The largest absolute Gasteiger partial charge is 0.350 e. The fourth-order valence-corrected chi connectivity index (χ4v) is 2.66. The van der Waals surface area contributed by atoms with Crippen molar-refractivity contribution in [1.29, 1.82) is 0 Å². The van der Waals surface area contributed by atoms with Crippen molar-refractivity contribution in [2.45, 2.75) is 12.6 Å². The molecule has 0 saturated heterocycles. The van der Waals surface area contributed by atoms with Crippen molar-refractivity contribution in [2.75, 3.05) is 13.1 Å². The lowest BCUT2D eigenvalue weighted by Gasteiger charge is -2.26. The molecule has 0 aliphatic heterocycles. The second-order valence-corrected chi connectivity index (χ2v) is 5.95. The first-order valence-corrected chi connectivity index (χ1v) is 8.75. The van der Waals surface area contributed by atoms with Crippen molar-refractivity contribution >= 4 is 12.0 Å². The summed E-state index contributed by atoms with van der Waals surface area (Å²) in [5.74, 6) is -0.0373. The molecule has 0 aliphatic carbocycles. The van der Waals surface area contributed by atoms with Crippen molar-refractivity contribution in [2.24, 2.45) is 0 Å². The van der Waals surface area contributed by atoms with Crippen molar-refractivity contribution in [3.05, 3.63) is 103 Å². The maximum Gasteiger partial charge on any atom is 0.241 e. The molecule has 1 amide bonds. The molecule has 0 radical (unpaired) electrons. The standard InChI is InChI=1S/C23H26N2O/c1-3-17-25(18-4-2)22(16-15-20-11-7-5-8-12-20)23(26)24-19-21-13-9-6-10-14-21/h3-16,22H,1-2,17-19H2,(H,24,26)/b16-15+. The molecule has 0 bridgehead atoms. The maximum absolute atomic E-state index is 12.9. The minimum absolute atomic E-state index is 0.0373. The summed E-state index contributed by atoms with van der Waals surface area (Å²) in [5, 5.41) is 3.03. The molecule has 0 aliphatic rings. The number of benzene rings is 2. The van der Waals surface area contributed by atoms with E-state index in [1.165, 1.54) is 0 Å². The van der Waals surface area contributed by atoms with Crippen LogP contribution in [-0.2, 0) is 11.3 Å². The summed E-state index contributed by atoms with van der Waals surface area (Å²) in [6.45, 7) is 9.33. The highest BCUT2D eigenvalue weighted by Gasteiger charge is 2.21. The normalized spacial score (nSPS) is 12.0. The highest BCUT2D eigenvalue weighted by Crippen LogP contribution is 2.08. The van der Waals surface area contributed by atoms with Gasteiger partial charge in [0.25, 0.3) is 0 Å². The Bertz CT molecular complexity index is 712. The van der Waals surface area contributed by atoms with E-state index in [1.807, 2.05) is 77.7 Å². The van der Waals surface area contributed by atoms with Gasteiger partial charge in [-0.15, -0.1) is 13.2 Å². The second kappa shape index (κ2) is 10.9. The van der Waals surface area contributed by atoms with Crippen LogP contribution in [0.15, 0.2) is 92.0 Å². The van der Waals surface area contributed by atoms with E-state index in [2.05, 4.69) is 18.5 Å². The molecule has 0 spiro atoms. The van der Waals surface area contributed by atoms with Gasteiger partial charge >= 0.3 is 0 Å². The zero-order valence-corrected chi connectivity index (χ0v) is 15.1. The van der Waals surface area contributed by atoms with Crippen LogP contribution >= 0.6 is 0 Å². The second-order valence-electron chi connectivity index (χ2n) is 5.95. The van der Waals surface area contributed by atoms with E-state index >= 15 is 0 Å². The summed E-state index contributed by atoms with van der Waals surface area (Å²) >= 11 is 0. The minimum atomic E-state index is -0.394. The van der Waals surface area contributed by atoms with Crippen LogP contribution in [0.5, 0.6) is 0 Å². The topological polar surface area (TPSA) is 32.3 Å². The fourth-order valence-electron chi connectivity index (χ4n) is 2.66. The third-order valence-corrected chi connectivity index (χ3v) is 3.97. The van der Waals surface area contributed by atoms with Crippen molar-refractivity contribution in [3.8, 4) is 0 Å². The van der Waals surface area contributed by atoms with Gasteiger partial charge in [-0.2, -0.15) is 0 Å². The molecule has 26 heavy (non-hydrogen) atoms. The van der Waals surface area contributed by atoms with Gasteiger partial charge in [0.05, 0.1) is 0 Å². The van der Waals surface area contributed by atoms with Crippen molar-refractivity contribution in [3.63, 3.8) is 0 Å². The lowest BCUT2D eigenvalue weighted by molar-refractivity contribution is -0.124. The number of rotatable bonds is 10. The van der Waals surface area contributed by atoms with Crippen LogP contribution in [0.2, 0.25) is 0 Å². The highest BCUT2D eigenvalue weighted by atomic mass is 16.2. The molecule has 0 fully saturated rings. The van der Waals surface area contributed by atoms with Crippen LogP contribution in [0.1, 0.15) is 11.1 Å². The van der Waals surface area contributed by atoms with Gasteiger partial charge in [-0.05, 0) is 11.1 Å². The molecule has 0 heterocycles. The Morgan fingerprint density at radius 1 is 0.962 bits per heavy atom. The lowest BCUT2D eigenvalue weighted by atomic mass is 10.1. The molecule has 2 aromatic rings. The van der Waals surface area contributed by atoms with E-state index in [4.69, 9.17) is 0 Å². The molecule has 3 nitrogen and oxygen atoms in total. The van der Waals surface area contributed by atoms with Crippen molar-refractivity contribution < 1.29 is 4.79 Å². The number of nitrogens with zero attached hydrogens (tertiary/aromatic N) is 1. The number of carbonyl (C=O) groups is 1. The number of amides is 1. The zero-order valence-electron chi connectivity index (χ0n) is 15.1. The van der Waals surface area contributed by atoms with Gasteiger partial charge in [0.2, 0.25) is 5.91 Å². The summed E-state index contributed by atoms with van der Waals surface area (Å²) in [5.41, 5.74) is 2.14. The van der Waals surface area contributed by atoms with Gasteiger partial charge in [-0.3, -0.25) is 9.69 Å². The Kier molecular flexibility index (Phi) is 8.10. The Balaban J connectivity index is 2.14. The van der Waals surface area contributed by atoms with Gasteiger partial charge in [0.15, 0.2) is 0 Å². The van der Waals surface area contributed by atoms with Crippen LogP contribution in [0.4, 0.5) is 0 Å². The molecule has 2 aromatic carbocycles. The predicted molar refractivity (Wildman–Crippen MR) is 110 cm³/mol. The average molecular weight is 346 g/mol. The van der Waals surface area contributed by atoms with E-state index in [0.29, 0.717) is 19.6 Å². The number of carbonyl (C=O) groups excluding carboxylic acids is 1. The fraction of sp³-hybridized carbons (Fsp3) is 0.174. The summed E-state index contributed by atoms with van der Waals surface area (Å²) in [6.07, 6.45) is 7.52. The van der Waals surface area contributed by atoms with Gasteiger partial charge in [-0.25, -0.2) is 0 Å². The third-order valence-electron chi connectivity index (χ3n) is 3.97. The first-order chi connectivity index (χ1) is 12.7. The Morgan fingerprint density at radius 2 is 1.54 bits per heavy atom. The van der Waals surface area contributed by atoms with Crippen LogP contribution in [0, 0.1) is 0 Å². The van der Waals surface area contributed by atoms with E-state index in [9.17, 15) is 4.79 Å². The van der Waals surface area contributed by atoms with E-state index in [1.54, 1.807) is 12.2 Å². The van der Waals surface area contributed by atoms with E-state index in [0.717, 1.165) is 11.1 Å². The van der Waals surface area contributed by atoms with Crippen molar-refractivity contribution in [1.82, 2.24) is 10.2 Å². The first kappa shape index (κ1) is 19.4. The molecule has 1 unspecified atom stereocenters. The van der Waals surface area contributed by atoms with Crippen LogP contribution < -0.4 is 5.32 Å². The van der Waals surface area contributed by atoms with Gasteiger partial charge in [-0.1, -0.05) is 85.0 Å². The van der Waals surface area contributed by atoms with Crippen LogP contribution in [-0.4, -0.2) is 29.9 Å². The van der Waals surface area contributed by atoms with E-state index < -0.39 is 6.04 Å². The SMILES string of the molecule is C=CCN(CC=C)C(/C=C/c1ccccc1)C(=O)NCc1ccccc1. The molecule has 134 valence electrons. The van der Waals surface area contributed by atoms with Crippen LogP contribution in [0.25, 0.3) is 6.08 Å². The van der Waals surface area contributed by atoms with Crippen LogP contribution in [0.3, 0.4) is 0 Å². The molecular weight excluding hydrogens is 320 g/mol.